The Bertz CT molecular complexity index is 731. The third-order valence-electron chi connectivity index (χ3n) is 3.16. The lowest BCUT2D eigenvalue weighted by Gasteiger charge is -2.24. The molecule has 126 valence electrons. The minimum Gasteiger partial charge on any atom is -0.495 e. The summed E-state index contributed by atoms with van der Waals surface area (Å²) in [6, 6.07) is 4.69. The zero-order valence-electron chi connectivity index (χ0n) is 12.8. The average molecular weight is 368 g/mol. The van der Waals surface area contributed by atoms with Crippen LogP contribution in [-0.4, -0.2) is 23.9 Å². The van der Waals surface area contributed by atoms with Crippen LogP contribution in [-0.2, 0) is 6.42 Å². The first-order valence-electron chi connectivity index (χ1n) is 6.94. The number of rotatable bonds is 5. The molecule has 2 rings (SSSR count). The number of thiocarbonyl (C=S) groups is 1. The number of nitrogens with zero attached hydrogens (tertiary/aromatic N) is 2. The second kappa shape index (κ2) is 8.38. The van der Waals surface area contributed by atoms with Crippen molar-refractivity contribution < 1.29 is 9.13 Å². The van der Waals surface area contributed by atoms with Gasteiger partial charge in [0, 0.05) is 24.5 Å². The van der Waals surface area contributed by atoms with Crippen LogP contribution in [0.1, 0.15) is 11.1 Å². The number of hydrogen-bond acceptors (Lipinski definition) is 5. The lowest BCUT2D eigenvalue weighted by Crippen LogP contribution is -2.50. The molecule has 24 heavy (non-hydrogen) atoms. The maximum atomic E-state index is 14.0. The van der Waals surface area contributed by atoms with E-state index in [4.69, 9.17) is 28.6 Å². The van der Waals surface area contributed by atoms with Crippen LogP contribution in [0.5, 0.6) is 5.75 Å². The van der Waals surface area contributed by atoms with Gasteiger partial charge in [0.15, 0.2) is 5.11 Å². The number of ether oxygens (including phenoxy) is 1. The fourth-order valence-corrected chi connectivity index (χ4v) is 2.33. The highest BCUT2D eigenvalue weighted by molar-refractivity contribution is 7.80. The molecule has 1 aliphatic rings. The first-order chi connectivity index (χ1) is 11.5. The third kappa shape index (κ3) is 4.50. The normalized spacial score (nSPS) is 12.8. The molecule has 0 aromatic heterocycles. The molecule has 0 amide bonds. The predicted octanol–water partition coefficient (Wildman–Crippen LogP) is 2.04. The molecule has 0 bridgehead atoms. The Hall–Kier alpha value is -2.50. The average Bonchev–Trinajstić information content (AvgIpc) is 2.58. The smallest absolute Gasteiger partial charge is 0.186 e. The summed E-state index contributed by atoms with van der Waals surface area (Å²) in [5, 5.41) is 14.5. The Morgan fingerprint density at radius 2 is 2.33 bits per heavy atom. The zero-order valence-corrected chi connectivity index (χ0v) is 14.3. The summed E-state index contributed by atoms with van der Waals surface area (Å²) >= 11 is 10.9. The van der Waals surface area contributed by atoms with E-state index in [1.54, 1.807) is 18.5 Å². The van der Waals surface area contributed by atoms with Crippen molar-refractivity contribution >= 4 is 28.9 Å². The Balaban J connectivity index is 1.89. The molecule has 0 atom stereocenters. The molecular weight excluding hydrogens is 353 g/mol. The van der Waals surface area contributed by atoms with Gasteiger partial charge in [0.1, 0.15) is 23.2 Å². The molecule has 3 N–H and O–H groups in total. The van der Waals surface area contributed by atoms with Gasteiger partial charge in [-0.2, -0.15) is 5.26 Å². The number of methoxy groups -OCH3 is 1. The molecule has 1 aliphatic heterocycles. The molecule has 0 saturated heterocycles. The molecule has 0 unspecified atom stereocenters. The van der Waals surface area contributed by atoms with Gasteiger partial charge in [0.2, 0.25) is 0 Å². The molecule has 6 nitrogen and oxygen atoms in total. The van der Waals surface area contributed by atoms with Crippen molar-refractivity contribution in [3.8, 4) is 11.8 Å². The van der Waals surface area contributed by atoms with E-state index < -0.39 is 5.82 Å². The van der Waals surface area contributed by atoms with Crippen LogP contribution in [0.15, 0.2) is 35.6 Å². The van der Waals surface area contributed by atoms with E-state index in [0.717, 1.165) is 0 Å². The van der Waals surface area contributed by atoms with E-state index in [0.29, 0.717) is 22.4 Å². The van der Waals surface area contributed by atoms with Crippen LogP contribution in [0, 0.1) is 17.1 Å². The molecule has 0 spiro atoms. The molecule has 9 heteroatoms. The molecule has 0 saturated carbocycles. The van der Waals surface area contributed by atoms with E-state index in [1.807, 2.05) is 6.07 Å². The maximum Gasteiger partial charge on any atom is 0.186 e. The van der Waals surface area contributed by atoms with Gasteiger partial charge in [0.25, 0.3) is 0 Å². The number of halogens is 2. The van der Waals surface area contributed by atoms with Crippen molar-refractivity contribution in [1.29, 1.82) is 5.26 Å². The van der Waals surface area contributed by atoms with E-state index in [1.165, 1.54) is 24.4 Å². The zero-order chi connectivity index (χ0) is 17.5. The van der Waals surface area contributed by atoms with Crippen molar-refractivity contribution in [2.75, 3.05) is 13.7 Å². The summed E-state index contributed by atoms with van der Waals surface area (Å²) in [7, 11) is 1.44. The highest BCUT2D eigenvalue weighted by Gasteiger charge is 2.14. The molecule has 1 aromatic rings. The third-order valence-corrected chi connectivity index (χ3v) is 3.63. The summed E-state index contributed by atoms with van der Waals surface area (Å²) < 4.78 is 19.0. The van der Waals surface area contributed by atoms with Crippen molar-refractivity contribution in [1.82, 2.24) is 21.3 Å². The summed E-state index contributed by atoms with van der Waals surface area (Å²) in [4.78, 5) is 0. The van der Waals surface area contributed by atoms with E-state index >= 15 is 0 Å². The number of allylic oxidation sites excluding steroid dienone is 2. The molecule has 1 heterocycles. The van der Waals surface area contributed by atoms with Crippen molar-refractivity contribution in [3.63, 3.8) is 0 Å². The van der Waals surface area contributed by atoms with E-state index in [2.05, 4.69) is 16.2 Å². The minimum atomic E-state index is -0.451. The van der Waals surface area contributed by atoms with E-state index in [-0.39, 0.29) is 17.5 Å². The lowest BCUT2D eigenvalue weighted by molar-refractivity contribution is 0.268. The Labute approximate surface area is 149 Å². The van der Waals surface area contributed by atoms with Crippen LogP contribution >= 0.6 is 23.8 Å². The summed E-state index contributed by atoms with van der Waals surface area (Å²) in [5.41, 5.74) is 6.19. The maximum absolute atomic E-state index is 14.0. The molecule has 0 radical (unpaired) electrons. The van der Waals surface area contributed by atoms with Gasteiger partial charge in [-0.05, 0) is 36.8 Å². The number of hydrogen-bond donors (Lipinski definition) is 3. The first-order valence-corrected chi connectivity index (χ1v) is 7.73. The van der Waals surface area contributed by atoms with Gasteiger partial charge in [-0.1, -0.05) is 11.6 Å². The summed E-state index contributed by atoms with van der Waals surface area (Å²) in [6.45, 7) is 0.346. The van der Waals surface area contributed by atoms with Crippen LogP contribution < -0.4 is 20.9 Å². The second-order valence-electron chi connectivity index (χ2n) is 4.68. The lowest BCUT2D eigenvalue weighted by atomic mass is 10.0. The quantitative estimate of drug-likeness (QED) is 0.688. The summed E-state index contributed by atoms with van der Waals surface area (Å²) in [5.74, 6) is -0.102. The summed E-state index contributed by atoms with van der Waals surface area (Å²) in [6.07, 6.45) is 5.20. The van der Waals surface area contributed by atoms with Crippen LogP contribution in [0.2, 0.25) is 0 Å². The number of nitrogens with one attached hydrogen (secondary N) is 3. The van der Waals surface area contributed by atoms with Gasteiger partial charge in [-0.3, -0.25) is 10.9 Å². The highest BCUT2D eigenvalue weighted by atomic mass is 35.5. The van der Waals surface area contributed by atoms with Crippen molar-refractivity contribution in [2.45, 2.75) is 6.42 Å². The SMILES string of the molecule is COc1ccc(F)c(CCNC(=S)NN2C=CC(Cl)=CN2)c1C#N. The first kappa shape index (κ1) is 17.8. The number of benzene rings is 1. The topological polar surface area (TPSA) is 72.3 Å². The van der Waals surface area contributed by atoms with Gasteiger partial charge < -0.3 is 10.1 Å². The number of hydrazine groups is 2. The Morgan fingerprint density at radius 3 is 2.96 bits per heavy atom. The molecular formula is C15H15ClFN5OS. The van der Waals surface area contributed by atoms with Gasteiger partial charge in [-0.25, -0.2) is 9.51 Å². The van der Waals surface area contributed by atoms with Gasteiger partial charge in [-0.15, -0.1) is 0 Å². The standard InChI is InChI=1S/C15H15ClFN5OS/c1-23-14-3-2-13(17)11(12(14)8-18)4-6-19-15(24)21-22-7-5-10(16)9-20-22/h2-3,5,7,9,20H,4,6H2,1H3,(H2,19,21,24). The fourth-order valence-electron chi connectivity index (χ4n) is 2.03. The Morgan fingerprint density at radius 1 is 1.54 bits per heavy atom. The van der Waals surface area contributed by atoms with Crippen LogP contribution in [0.3, 0.4) is 0 Å². The molecule has 0 aliphatic carbocycles. The largest absolute Gasteiger partial charge is 0.495 e. The fraction of sp³-hybridized carbons (Fsp3) is 0.200. The Kier molecular flexibility index (Phi) is 6.23. The second-order valence-corrected chi connectivity index (χ2v) is 5.52. The van der Waals surface area contributed by atoms with Crippen molar-refractivity contribution in [2.24, 2.45) is 0 Å². The monoisotopic (exact) mass is 367 g/mol. The van der Waals surface area contributed by atoms with Crippen molar-refractivity contribution in [3.05, 3.63) is 52.6 Å². The van der Waals surface area contributed by atoms with Crippen LogP contribution in [0.25, 0.3) is 0 Å². The minimum absolute atomic E-state index is 0.193. The number of nitriles is 1. The van der Waals surface area contributed by atoms with Gasteiger partial charge in [0.05, 0.1) is 12.1 Å². The van der Waals surface area contributed by atoms with E-state index in [9.17, 15) is 9.65 Å². The molecule has 1 aromatic carbocycles. The molecule has 0 fully saturated rings. The van der Waals surface area contributed by atoms with Gasteiger partial charge >= 0.3 is 0 Å². The van der Waals surface area contributed by atoms with Crippen LogP contribution in [0.4, 0.5) is 4.39 Å². The highest BCUT2D eigenvalue weighted by Crippen LogP contribution is 2.24. The predicted molar refractivity (Wildman–Crippen MR) is 93.2 cm³/mol.